The molecule has 3 saturated carbocycles. The molecule has 1 aliphatic heterocycles. The molecule has 4 nitrogen and oxygen atoms in total. The van der Waals surface area contributed by atoms with Gasteiger partial charge in [0.1, 0.15) is 0 Å². The maximum Gasteiger partial charge on any atom is 0.228 e. The van der Waals surface area contributed by atoms with E-state index >= 15 is 0 Å². The average Bonchev–Trinajstić information content (AvgIpc) is 3.23. The van der Waals surface area contributed by atoms with Crippen molar-refractivity contribution in [2.75, 3.05) is 13.6 Å². The Balaban J connectivity index is 1.47. The molecule has 1 heterocycles. The van der Waals surface area contributed by atoms with Gasteiger partial charge in [-0.15, -0.1) is 0 Å². The second-order valence-corrected chi connectivity index (χ2v) is 10.5. The third kappa shape index (κ3) is 3.93. The summed E-state index contributed by atoms with van der Waals surface area (Å²) in [6.45, 7) is 7.30. The van der Waals surface area contributed by atoms with Crippen LogP contribution in [0.2, 0.25) is 0 Å². The zero-order valence-corrected chi connectivity index (χ0v) is 18.8. The Hall–Kier alpha value is -1.39. The van der Waals surface area contributed by atoms with Gasteiger partial charge in [0.05, 0.1) is 18.1 Å². The number of allylic oxidation sites excluding steroid dienone is 3. The smallest absolute Gasteiger partial charge is 0.228 e. The Labute approximate surface area is 181 Å². The lowest BCUT2D eigenvalue weighted by Gasteiger charge is -2.43. The number of hydrogen-bond donors (Lipinski definition) is 2. The van der Waals surface area contributed by atoms with Gasteiger partial charge in [-0.2, -0.15) is 0 Å². The van der Waals surface area contributed by atoms with Gasteiger partial charge in [0.15, 0.2) is 0 Å². The van der Waals surface area contributed by atoms with Gasteiger partial charge >= 0.3 is 0 Å². The van der Waals surface area contributed by atoms with Gasteiger partial charge in [0.2, 0.25) is 5.91 Å². The molecule has 4 heteroatoms. The lowest BCUT2D eigenvalue weighted by atomic mass is 9.62. The largest absolute Gasteiger partial charge is 0.392 e. The lowest BCUT2D eigenvalue weighted by Crippen LogP contribution is -2.37. The third-order valence-corrected chi connectivity index (χ3v) is 8.86. The van der Waals surface area contributed by atoms with Crippen LogP contribution in [-0.4, -0.2) is 46.8 Å². The van der Waals surface area contributed by atoms with Crippen molar-refractivity contribution in [2.24, 2.45) is 23.2 Å². The van der Waals surface area contributed by atoms with Crippen LogP contribution in [0.3, 0.4) is 0 Å². The zero-order valence-electron chi connectivity index (χ0n) is 18.8. The van der Waals surface area contributed by atoms with Gasteiger partial charge < -0.3 is 15.1 Å². The normalized spacial score (nSPS) is 41.0. The van der Waals surface area contributed by atoms with Gasteiger partial charge in [-0.1, -0.05) is 31.2 Å². The minimum atomic E-state index is -0.508. The first-order chi connectivity index (χ1) is 14.3. The summed E-state index contributed by atoms with van der Waals surface area (Å²) in [7, 11) is 1.84. The molecule has 4 rings (SSSR count). The van der Waals surface area contributed by atoms with Gasteiger partial charge in [-0.25, -0.2) is 0 Å². The van der Waals surface area contributed by atoms with E-state index in [2.05, 4.69) is 25.7 Å². The molecule has 0 aromatic rings. The quantitative estimate of drug-likeness (QED) is 0.719. The summed E-state index contributed by atoms with van der Waals surface area (Å²) in [5.41, 5.74) is 3.87. The molecule has 3 aliphatic carbocycles. The zero-order chi connectivity index (χ0) is 21.5. The fourth-order valence-electron chi connectivity index (χ4n) is 6.83. The maximum absolute atomic E-state index is 12.3. The molecule has 166 valence electrons. The van der Waals surface area contributed by atoms with E-state index in [1.54, 1.807) is 4.90 Å². The maximum atomic E-state index is 12.3. The molecule has 0 aromatic heterocycles. The Morgan fingerprint density at radius 2 is 2.00 bits per heavy atom. The molecule has 2 N–H and O–H groups in total. The number of likely N-dealkylation sites (tertiary alicyclic amines) is 1. The molecule has 0 radical (unpaired) electrons. The van der Waals surface area contributed by atoms with Crippen molar-refractivity contribution < 1.29 is 15.0 Å². The highest BCUT2D eigenvalue weighted by atomic mass is 16.3. The van der Waals surface area contributed by atoms with Crippen molar-refractivity contribution in [1.82, 2.24) is 4.90 Å². The fraction of sp³-hybridized carbons (Fsp3) is 0.731. The van der Waals surface area contributed by atoms with Crippen molar-refractivity contribution in [3.8, 4) is 0 Å². The summed E-state index contributed by atoms with van der Waals surface area (Å²) in [6.07, 6.45) is 14.0. The predicted molar refractivity (Wildman–Crippen MR) is 120 cm³/mol. The van der Waals surface area contributed by atoms with Crippen LogP contribution >= 0.6 is 0 Å². The Morgan fingerprint density at radius 1 is 1.20 bits per heavy atom. The molecule has 1 amide bonds. The van der Waals surface area contributed by atoms with Gasteiger partial charge in [-0.3, -0.25) is 4.79 Å². The van der Waals surface area contributed by atoms with E-state index in [-0.39, 0.29) is 23.3 Å². The second kappa shape index (κ2) is 8.63. The molecule has 4 fully saturated rings. The number of nitrogens with zero attached hydrogens (tertiary/aromatic N) is 1. The van der Waals surface area contributed by atoms with Crippen LogP contribution in [0.1, 0.15) is 71.1 Å². The number of amides is 1. The minimum absolute atomic E-state index is 0.118. The highest BCUT2D eigenvalue weighted by Gasteiger charge is 2.50. The number of aliphatic hydroxyl groups is 2. The molecule has 4 aliphatic rings. The number of fused-ring (bicyclic) bond motifs is 1. The molecule has 6 atom stereocenters. The number of hydrogen-bond acceptors (Lipinski definition) is 3. The van der Waals surface area contributed by atoms with Crippen molar-refractivity contribution in [2.45, 2.75) is 83.3 Å². The van der Waals surface area contributed by atoms with E-state index in [1.165, 1.54) is 30.4 Å². The summed E-state index contributed by atoms with van der Waals surface area (Å²) in [4.78, 5) is 14.1. The number of aliphatic hydroxyl groups excluding tert-OH is 2. The standard InChI is InChI=1S/C26H39NO3/c1-17-18(6-4-8-23(17)28)9-10-19-7-5-14-26(2)20(11-12-22(19)26)16-24(29)21-13-15-27(3)25(21)30/h9-10,20-24,28-29H,1,4-8,11-16H2,2-3H3/b18-9-,19-10+. The van der Waals surface area contributed by atoms with Crippen molar-refractivity contribution in [1.29, 1.82) is 0 Å². The van der Waals surface area contributed by atoms with E-state index in [1.807, 2.05) is 7.05 Å². The Bertz CT molecular complexity index is 753. The molecule has 1 saturated heterocycles. The predicted octanol–water partition coefficient (Wildman–Crippen LogP) is 4.39. The first-order valence-electron chi connectivity index (χ1n) is 12.0. The SMILES string of the molecule is C=C1/C(=C\C=C2/CCCC3(C)C(CC(O)C4CCN(C)C4=O)CCC23)CCCC1O. The fourth-order valence-corrected chi connectivity index (χ4v) is 6.83. The monoisotopic (exact) mass is 413 g/mol. The first-order valence-corrected chi connectivity index (χ1v) is 12.0. The first kappa shape index (κ1) is 21.8. The topological polar surface area (TPSA) is 60.8 Å². The molecular formula is C26H39NO3. The highest BCUT2D eigenvalue weighted by Crippen LogP contribution is 2.58. The molecule has 0 spiro atoms. The molecule has 0 bridgehead atoms. The van der Waals surface area contributed by atoms with Crippen LogP contribution in [0.5, 0.6) is 0 Å². The Morgan fingerprint density at radius 3 is 2.73 bits per heavy atom. The molecule has 6 unspecified atom stereocenters. The second-order valence-electron chi connectivity index (χ2n) is 10.5. The van der Waals surface area contributed by atoms with Crippen LogP contribution in [0.15, 0.2) is 35.5 Å². The molecule has 0 aromatic carbocycles. The summed E-state index contributed by atoms with van der Waals surface area (Å²) >= 11 is 0. The third-order valence-electron chi connectivity index (χ3n) is 8.86. The van der Waals surface area contributed by atoms with Crippen LogP contribution < -0.4 is 0 Å². The summed E-state index contributed by atoms with van der Waals surface area (Å²) in [5, 5.41) is 21.0. The Kier molecular flexibility index (Phi) is 6.28. The summed E-state index contributed by atoms with van der Waals surface area (Å²) in [6, 6.07) is 0. The van der Waals surface area contributed by atoms with E-state index in [4.69, 9.17) is 0 Å². The van der Waals surface area contributed by atoms with E-state index < -0.39 is 6.10 Å². The number of rotatable bonds is 4. The van der Waals surface area contributed by atoms with Crippen molar-refractivity contribution in [3.63, 3.8) is 0 Å². The van der Waals surface area contributed by atoms with E-state index in [0.717, 1.165) is 57.1 Å². The van der Waals surface area contributed by atoms with Crippen LogP contribution in [0.4, 0.5) is 0 Å². The van der Waals surface area contributed by atoms with Gasteiger partial charge in [0, 0.05) is 13.6 Å². The van der Waals surface area contributed by atoms with E-state index in [0.29, 0.717) is 11.8 Å². The van der Waals surface area contributed by atoms with Crippen molar-refractivity contribution in [3.05, 3.63) is 35.5 Å². The number of carbonyl (C=O) groups excluding carboxylic acids is 1. The highest BCUT2D eigenvalue weighted by molar-refractivity contribution is 5.81. The number of carbonyl (C=O) groups is 1. The minimum Gasteiger partial charge on any atom is -0.392 e. The summed E-state index contributed by atoms with van der Waals surface area (Å²) in [5.74, 6) is 0.973. The average molecular weight is 414 g/mol. The van der Waals surface area contributed by atoms with Crippen LogP contribution in [0.25, 0.3) is 0 Å². The van der Waals surface area contributed by atoms with Crippen LogP contribution in [0, 0.1) is 23.2 Å². The van der Waals surface area contributed by atoms with Crippen molar-refractivity contribution >= 4 is 5.91 Å². The van der Waals surface area contributed by atoms with Gasteiger partial charge in [-0.05, 0) is 92.6 Å². The van der Waals surface area contributed by atoms with Gasteiger partial charge in [0.25, 0.3) is 0 Å². The lowest BCUT2D eigenvalue weighted by molar-refractivity contribution is -0.133. The van der Waals surface area contributed by atoms with Crippen LogP contribution in [-0.2, 0) is 4.79 Å². The van der Waals surface area contributed by atoms with E-state index in [9.17, 15) is 15.0 Å². The summed E-state index contributed by atoms with van der Waals surface area (Å²) < 4.78 is 0. The molecule has 30 heavy (non-hydrogen) atoms. The molecular weight excluding hydrogens is 374 g/mol.